The molecule has 0 heterocycles. The Bertz CT molecular complexity index is 864. The summed E-state index contributed by atoms with van der Waals surface area (Å²) in [5.41, 5.74) is 7.98. The number of aryl methyl sites for hydroxylation is 4. The Hall–Kier alpha value is -2.87. The Kier molecular flexibility index (Phi) is 7.16. The van der Waals surface area contributed by atoms with Gasteiger partial charge in [0.1, 0.15) is 0 Å². The van der Waals surface area contributed by atoms with Gasteiger partial charge in [-0.2, -0.15) is 0 Å². The highest BCUT2D eigenvalue weighted by Gasteiger charge is 1.97. The molecule has 0 bridgehead atoms. The quantitative estimate of drug-likeness (QED) is 0.658. The molecular formula is C24H27NO. The maximum atomic E-state index is 10.8. The molecule has 0 spiro atoms. The predicted molar refractivity (Wildman–Crippen MR) is 113 cm³/mol. The van der Waals surface area contributed by atoms with Crippen molar-refractivity contribution in [3.05, 3.63) is 88.0 Å². The SMILES string of the molecule is CCc1cc(C)cc(C)c(C)ccc(/C=C\c2ccccc2NC=O)c1. The Balaban J connectivity index is 2.56. The minimum Gasteiger partial charge on any atom is -0.328 e. The Morgan fingerprint density at radius 3 is 2.38 bits per heavy atom. The lowest BCUT2D eigenvalue weighted by molar-refractivity contribution is -0.105. The van der Waals surface area contributed by atoms with Gasteiger partial charge in [-0.15, -0.1) is 0 Å². The molecule has 2 rings (SSSR count). The summed E-state index contributed by atoms with van der Waals surface area (Å²) in [6.07, 6.45) is 5.81. The normalized spacial score (nSPS) is 10.5. The van der Waals surface area contributed by atoms with Crippen LogP contribution in [0.3, 0.4) is 0 Å². The molecule has 2 nitrogen and oxygen atoms in total. The molecule has 0 saturated carbocycles. The summed E-state index contributed by atoms with van der Waals surface area (Å²) in [5, 5.41) is 2.75. The van der Waals surface area contributed by atoms with Crippen molar-refractivity contribution in [3.63, 3.8) is 0 Å². The van der Waals surface area contributed by atoms with E-state index in [1.54, 1.807) is 0 Å². The zero-order chi connectivity index (χ0) is 18.9. The number of hydrogen-bond acceptors (Lipinski definition) is 1. The van der Waals surface area contributed by atoms with Crippen LogP contribution < -0.4 is 5.32 Å². The molecule has 0 atom stereocenters. The number of rotatable bonds is 5. The van der Waals surface area contributed by atoms with Crippen molar-refractivity contribution in [2.45, 2.75) is 34.1 Å². The van der Waals surface area contributed by atoms with Crippen molar-refractivity contribution in [1.29, 1.82) is 0 Å². The molecule has 0 fully saturated rings. The lowest BCUT2D eigenvalue weighted by Crippen LogP contribution is -1.95. The van der Waals surface area contributed by atoms with Gasteiger partial charge in [-0.05, 0) is 61.1 Å². The van der Waals surface area contributed by atoms with E-state index in [9.17, 15) is 4.79 Å². The number of carbonyl (C=O) groups is 1. The topological polar surface area (TPSA) is 29.1 Å². The van der Waals surface area contributed by atoms with E-state index >= 15 is 0 Å². The Labute approximate surface area is 156 Å². The first kappa shape index (κ1) is 19.5. The molecule has 2 aromatic carbocycles. The van der Waals surface area contributed by atoms with Gasteiger partial charge in [-0.1, -0.05) is 73.2 Å². The van der Waals surface area contributed by atoms with Gasteiger partial charge >= 0.3 is 0 Å². The van der Waals surface area contributed by atoms with Gasteiger partial charge in [0.25, 0.3) is 0 Å². The average molecular weight is 345 g/mol. The summed E-state index contributed by atoms with van der Waals surface area (Å²) in [5.74, 6) is 0. The van der Waals surface area contributed by atoms with Gasteiger partial charge in [-0.3, -0.25) is 4.79 Å². The molecule has 0 aromatic heterocycles. The molecule has 2 aromatic rings. The van der Waals surface area contributed by atoms with Gasteiger partial charge in [-0.25, -0.2) is 0 Å². The summed E-state index contributed by atoms with van der Waals surface area (Å²) < 4.78 is 0. The molecule has 0 aliphatic carbocycles. The molecule has 1 N–H and O–H groups in total. The van der Waals surface area contributed by atoms with Crippen LogP contribution in [0.4, 0.5) is 5.69 Å². The van der Waals surface area contributed by atoms with Crippen LogP contribution in [0, 0.1) is 20.8 Å². The highest BCUT2D eigenvalue weighted by Crippen LogP contribution is 2.18. The van der Waals surface area contributed by atoms with Crippen LogP contribution in [0.25, 0.3) is 12.2 Å². The van der Waals surface area contributed by atoms with Crippen LogP contribution >= 0.6 is 0 Å². The number of anilines is 1. The Morgan fingerprint density at radius 2 is 1.65 bits per heavy atom. The second-order valence-electron chi connectivity index (χ2n) is 6.49. The van der Waals surface area contributed by atoms with E-state index in [1.165, 1.54) is 22.3 Å². The van der Waals surface area contributed by atoms with Crippen molar-refractivity contribution in [3.8, 4) is 0 Å². The predicted octanol–water partition coefficient (Wildman–Crippen LogP) is 6.04. The smallest absolute Gasteiger partial charge is 0.211 e. The van der Waals surface area contributed by atoms with Crippen LogP contribution in [0.15, 0.2) is 54.6 Å². The minimum absolute atomic E-state index is 0.708. The van der Waals surface area contributed by atoms with Crippen molar-refractivity contribution in [1.82, 2.24) is 0 Å². The second kappa shape index (κ2) is 9.57. The van der Waals surface area contributed by atoms with Gasteiger partial charge in [0, 0.05) is 5.69 Å². The van der Waals surface area contributed by atoms with Crippen molar-refractivity contribution >= 4 is 24.2 Å². The maximum absolute atomic E-state index is 10.8. The van der Waals surface area contributed by atoms with Crippen LogP contribution in [0.1, 0.15) is 40.3 Å². The fourth-order valence-electron chi connectivity index (χ4n) is 2.78. The lowest BCUT2D eigenvalue weighted by atomic mass is 10.0. The van der Waals surface area contributed by atoms with Crippen molar-refractivity contribution < 1.29 is 4.79 Å². The van der Waals surface area contributed by atoms with E-state index < -0.39 is 0 Å². The molecule has 134 valence electrons. The number of para-hydroxylation sites is 1. The van der Waals surface area contributed by atoms with E-state index in [0.717, 1.165) is 23.2 Å². The molecule has 0 aliphatic heterocycles. The van der Waals surface area contributed by atoms with E-state index in [1.807, 2.05) is 30.3 Å². The molecule has 1 amide bonds. The molecule has 0 aliphatic rings. The van der Waals surface area contributed by atoms with Gasteiger partial charge in [0.2, 0.25) is 6.41 Å². The van der Waals surface area contributed by atoms with Crippen LogP contribution in [0.5, 0.6) is 0 Å². The Morgan fingerprint density at radius 1 is 0.885 bits per heavy atom. The molecule has 0 saturated heterocycles. The van der Waals surface area contributed by atoms with E-state index in [4.69, 9.17) is 0 Å². The summed E-state index contributed by atoms with van der Waals surface area (Å²) in [7, 11) is 0. The molecule has 26 heavy (non-hydrogen) atoms. The summed E-state index contributed by atoms with van der Waals surface area (Å²) >= 11 is 0. The van der Waals surface area contributed by atoms with Crippen LogP contribution in [-0.4, -0.2) is 6.41 Å². The summed E-state index contributed by atoms with van der Waals surface area (Å²) in [4.78, 5) is 10.8. The zero-order valence-corrected chi connectivity index (χ0v) is 16.0. The first-order chi connectivity index (χ1) is 12.5. The fourth-order valence-corrected chi connectivity index (χ4v) is 2.78. The fraction of sp³-hybridized carbons (Fsp3) is 0.208. The third kappa shape index (κ3) is 5.59. The molecule has 2 heteroatoms. The molecule has 0 unspecified atom stereocenters. The highest BCUT2D eigenvalue weighted by molar-refractivity contribution is 5.82. The standard InChI is InChI=1S/C24H27NO/c1-5-21-15-18(2)14-20(4)19(3)10-11-22(16-21)12-13-23-8-6-7-9-24(23)25-17-26/h6-17H,5H2,1-4H3,(H,25,26)/b11-10?,13-12-,18-14?,18-15?,19-10?,20-14?,20-19?,21-15?,21-16?,22-11?,22-16?. The van der Waals surface area contributed by atoms with Crippen molar-refractivity contribution in [2.24, 2.45) is 0 Å². The first-order valence-electron chi connectivity index (χ1n) is 8.97. The minimum atomic E-state index is 0.708. The highest BCUT2D eigenvalue weighted by atomic mass is 16.1. The van der Waals surface area contributed by atoms with Gasteiger partial charge in [0.05, 0.1) is 0 Å². The average Bonchev–Trinajstić information content (AvgIpc) is 2.63. The first-order valence-corrected chi connectivity index (χ1v) is 8.97. The third-order valence-corrected chi connectivity index (χ3v) is 4.40. The zero-order valence-electron chi connectivity index (χ0n) is 16.0. The van der Waals surface area contributed by atoms with E-state index in [-0.39, 0.29) is 0 Å². The number of nitrogens with one attached hydrogen (secondary N) is 1. The van der Waals surface area contributed by atoms with Crippen molar-refractivity contribution in [2.75, 3.05) is 5.32 Å². The number of benzene rings is 1. The monoisotopic (exact) mass is 345 g/mol. The third-order valence-electron chi connectivity index (χ3n) is 4.40. The van der Waals surface area contributed by atoms with Gasteiger partial charge < -0.3 is 5.32 Å². The van der Waals surface area contributed by atoms with Gasteiger partial charge in [0.15, 0.2) is 0 Å². The number of carbonyl (C=O) groups excluding carboxylic acids is 1. The number of hydrogen-bond donors (Lipinski definition) is 1. The largest absolute Gasteiger partial charge is 0.328 e. The second-order valence-corrected chi connectivity index (χ2v) is 6.49. The maximum Gasteiger partial charge on any atom is 0.211 e. The van der Waals surface area contributed by atoms with Crippen LogP contribution in [-0.2, 0) is 11.2 Å². The summed E-state index contributed by atoms with van der Waals surface area (Å²) in [6, 6.07) is 18.8. The van der Waals surface area contributed by atoms with E-state index in [2.05, 4.69) is 69.4 Å². The van der Waals surface area contributed by atoms with Crippen LogP contribution in [0.2, 0.25) is 0 Å². The van der Waals surface area contributed by atoms with E-state index in [0.29, 0.717) is 6.41 Å². The molecule has 0 radical (unpaired) electrons. The lowest BCUT2D eigenvalue weighted by Gasteiger charge is -2.04. The molecular weight excluding hydrogens is 318 g/mol. The summed E-state index contributed by atoms with van der Waals surface area (Å²) in [6.45, 7) is 8.59. The number of amides is 1.